The Kier molecular flexibility index (Phi) is 8.83. The Morgan fingerprint density at radius 3 is 2.17 bits per heavy atom. The third-order valence-corrected chi connectivity index (χ3v) is 4.60. The highest BCUT2D eigenvalue weighted by Gasteiger charge is 2.27. The Morgan fingerprint density at radius 2 is 1.57 bits per heavy atom. The summed E-state index contributed by atoms with van der Waals surface area (Å²) < 4.78 is 0. The third-order valence-electron chi connectivity index (χ3n) is 4.60. The lowest BCUT2D eigenvalue weighted by Gasteiger charge is -2.22. The summed E-state index contributed by atoms with van der Waals surface area (Å²) in [6.07, 6.45) is 1.60. The van der Waals surface area contributed by atoms with Crippen molar-refractivity contribution < 1.29 is 24.6 Å². The van der Waals surface area contributed by atoms with E-state index >= 15 is 0 Å². The van der Waals surface area contributed by atoms with Crippen LogP contribution in [-0.4, -0.2) is 46.6 Å². The fourth-order valence-electron chi connectivity index (χ4n) is 2.93. The van der Waals surface area contributed by atoms with Crippen LogP contribution in [0.4, 0.5) is 0 Å². The first-order valence-corrected chi connectivity index (χ1v) is 9.77. The Labute approximate surface area is 175 Å². The van der Waals surface area contributed by atoms with E-state index in [4.69, 9.17) is 5.73 Å². The van der Waals surface area contributed by atoms with Gasteiger partial charge in [-0.2, -0.15) is 0 Å². The van der Waals surface area contributed by atoms with Gasteiger partial charge in [-0.05, 0) is 55.6 Å². The molecule has 2 aromatic carbocycles. The van der Waals surface area contributed by atoms with Crippen LogP contribution in [-0.2, 0) is 16.0 Å². The van der Waals surface area contributed by atoms with E-state index in [1.54, 1.807) is 42.5 Å². The van der Waals surface area contributed by atoms with Crippen molar-refractivity contribution in [2.24, 2.45) is 5.73 Å². The molecule has 0 bridgehead atoms. The topological polar surface area (TPSA) is 142 Å². The molecule has 0 aromatic heterocycles. The van der Waals surface area contributed by atoms with Crippen LogP contribution in [0.2, 0.25) is 0 Å². The molecule has 0 spiro atoms. The molecule has 2 rings (SSSR count). The van der Waals surface area contributed by atoms with Crippen LogP contribution >= 0.6 is 0 Å². The van der Waals surface area contributed by atoms with E-state index in [-0.39, 0.29) is 18.6 Å². The maximum Gasteiger partial charge on any atom is 0.326 e. The van der Waals surface area contributed by atoms with E-state index in [2.05, 4.69) is 10.6 Å². The summed E-state index contributed by atoms with van der Waals surface area (Å²) in [6, 6.07) is 12.6. The van der Waals surface area contributed by atoms with Crippen molar-refractivity contribution in [2.45, 2.75) is 37.8 Å². The van der Waals surface area contributed by atoms with Crippen LogP contribution < -0.4 is 16.4 Å². The molecular formula is C22H27N3O5. The van der Waals surface area contributed by atoms with Crippen LogP contribution in [0.25, 0.3) is 0 Å². The number of hydrogen-bond donors (Lipinski definition) is 5. The summed E-state index contributed by atoms with van der Waals surface area (Å²) in [5, 5.41) is 24.1. The zero-order valence-corrected chi connectivity index (χ0v) is 16.6. The minimum atomic E-state index is -1.14. The lowest BCUT2D eigenvalue weighted by molar-refractivity contribution is -0.142. The maximum absolute atomic E-state index is 12.9. The smallest absolute Gasteiger partial charge is 0.326 e. The van der Waals surface area contributed by atoms with Crippen molar-refractivity contribution in [2.75, 3.05) is 6.54 Å². The molecule has 0 aliphatic rings. The van der Waals surface area contributed by atoms with Crippen LogP contribution in [0, 0.1) is 0 Å². The number of carboxylic acids is 1. The zero-order chi connectivity index (χ0) is 21.9. The van der Waals surface area contributed by atoms with Crippen LogP contribution in [0.15, 0.2) is 54.6 Å². The van der Waals surface area contributed by atoms with Gasteiger partial charge in [0.05, 0.1) is 0 Å². The second kappa shape index (κ2) is 11.6. The summed E-state index contributed by atoms with van der Waals surface area (Å²) in [4.78, 5) is 37.0. The molecule has 0 saturated heterocycles. The van der Waals surface area contributed by atoms with Crippen molar-refractivity contribution in [3.63, 3.8) is 0 Å². The van der Waals surface area contributed by atoms with Gasteiger partial charge in [-0.1, -0.05) is 30.3 Å². The number of carboxylic acid groups (broad SMARTS) is 1. The number of phenolic OH excluding ortho intramolecular Hbond substituents is 1. The van der Waals surface area contributed by atoms with Gasteiger partial charge in [-0.3, -0.25) is 9.59 Å². The normalized spacial score (nSPS) is 12.6. The molecule has 160 valence electrons. The number of benzene rings is 2. The van der Waals surface area contributed by atoms with Crippen LogP contribution in [0.1, 0.15) is 35.2 Å². The van der Waals surface area contributed by atoms with E-state index in [1.807, 2.05) is 0 Å². The number of rotatable bonds is 11. The number of aliphatic carboxylic acids is 1. The van der Waals surface area contributed by atoms with E-state index in [9.17, 15) is 24.6 Å². The van der Waals surface area contributed by atoms with Gasteiger partial charge in [0.2, 0.25) is 5.91 Å². The highest BCUT2D eigenvalue weighted by molar-refractivity contribution is 5.98. The minimum Gasteiger partial charge on any atom is -0.508 e. The van der Waals surface area contributed by atoms with Gasteiger partial charge in [0.15, 0.2) is 0 Å². The summed E-state index contributed by atoms with van der Waals surface area (Å²) in [5.41, 5.74) is 6.54. The SMILES string of the molecule is NCCCC[C@H](NC(=O)[C@H](Cc1ccc(O)cc1)NC(=O)c1ccccc1)C(=O)O. The van der Waals surface area contributed by atoms with E-state index < -0.39 is 29.9 Å². The predicted octanol–water partition coefficient (Wildman–Crippen LogP) is 1.43. The number of nitrogens with two attached hydrogens (primary N) is 1. The Morgan fingerprint density at radius 1 is 0.900 bits per heavy atom. The Balaban J connectivity index is 2.15. The lowest BCUT2D eigenvalue weighted by Crippen LogP contribution is -2.52. The molecule has 2 aromatic rings. The van der Waals surface area contributed by atoms with E-state index in [0.717, 1.165) is 0 Å². The molecule has 0 radical (unpaired) electrons. The lowest BCUT2D eigenvalue weighted by atomic mass is 10.0. The Bertz CT molecular complexity index is 840. The summed E-state index contributed by atoms with van der Waals surface area (Å²) in [5.74, 6) is -2.09. The van der Waals surface area contributed by atoms with Gasteiger partial charge in [0.1, 0.15) is 17.8 Å². The molecule has 6 N–H and O–H groups in total. The number of carbonyl (C=O) groups excluding carboxylic acids is 2. The first kappa shape index (κ1) is 22.9. The molecule has 0 aliphatic carbocycles. The third kappa shape index (κ3) is 7.21. The summed E-state index contributed by atoms with van der Waals surface area (Å²) in [7, 11) is 0. The monoisotopic (exact) mass is 413 g/mol. The van der Waals surface area contributed by atoms with Crippen molar-refractivity contribution >= 4 is 17.8 Å². The molecule has 2 amide bonds. The average Bonchev–Trinajstić information content (AvgIpc) is 2.74. The fourth-order valence-corrected chi connectivity index (χ4v) is 2.93. The molecule has 30 heavy (non-hydrogen) atoms. The quantitative estimate of drug-likeness (QED) is 0.353. The number of phenols is 1. The number of aromatic hydroxyl groups is 1. The molecule has 0 fully saturated rings. The van der Waals surface area contributed by atoms with Crippen LogP contribution in [0.3, 0.4) is 0 Å². The Hall–Kier alpha value is -3.39. The van der Waals surface area contributed by atoms with Gasteiger partial charge < -0.3 is 26.6 Å². The van der Waals surface area contributed by atoms with Gasteiger partial charge in [-0.25, -0.2) is 4.79 Å². The average molecular weight is 413 g/mol. The van der Waals surface area contributed by atoms with Crippen molar-refractivity contribution in [3.05, 3.63) is 65.7 Å². The van der Waals surface area contributed by atoms with Gasteiger partial charge >= 0.3 is 5.97 Å². The fraction of sp³-hybridized carbons (Fsp3) is 0.318. The molecule has 0 saturated carbocycles. The molecule has 0 unspecified atom stereocenters. The molecule has 8 heteroatoms. The van der Waals surface area contributed by atoms with Crippen molar-refractivity contribution in [1.82, 2.24) is 10.6 Å². The summed E-state index contributed by atoms with van der Waals surface area (Å²) >= 11 is 0. The minimum absolute atomic E-state index is 0.0823. The first-order valence-electron chi connectivity index (χ1n) is 9.77. The molecule has 8 nitrogen and oxygen atoms in total. The predicted molar refractivity (Wildman–Crippen MR) is 112 cm³/mol. The van der Waals surface area contributed by atoms with Gasteiger partial charge in [0.25, 0.3) is 5.91 Å². The highest BCUT2D eigenvalue weighted by atomic mass is 16.4. The standard InChI is InChI=1S/C22H27N3O5/c23-13-5-4-8-18(22(29)30)24-21(28)19(14-15-9-11-17(26)12-10-15)25-20(27)16-6-2-1-3-7-16/h1-3,6-7,9-12,18-19,26H,4-5,8,13-14,23H2,(H,24,28)(H,25,27)(H,29,30)/t18-,19-/m0/s1. The zero-order valence-electron chi connectivity index (χ0n) is 16.6. The summed E-state index contributed by atoms with van der Waals surface area (Å²) in [6.45, 7) is 0.441. The molecular weight excluding hydrogens is 386 g/mol. The number of hydrogen-bond acceptors (Lipinski definition) is 5. The van der Waals surface area contributed by atoms with E-state index in [0.29, 0.717) is 30.5 Å². The highest BCUT2D eigenvalue weighted by Crippen LogP contribution is 2.12. The second-order valence-corrected chi connectivity index (χ2v) is 6.95. The first-order chi connectivity index (χ1) is 14.4. The van der Waals surface area contributed by atoms with Gasteiger partial charge in [0, 0.05) is 12.0 Å². The van der Waals surface area contributed by atoms with Crippen molar-refractivity contribution in [3.8, 4) is 5.75 Å². The number of nitrogens with one attached hydrogen (secondary N) is 2. The molecule has 2 atom stereocenters. The van der Waals surface area contributed by atoms with Gasteiger partial charge in [-0.15, -0.1) is 0 Å². The molecule has 0 heterocycles. The molecule has 0 aliphatic heterocycles. The van der Waals surface area contributed by atoms with Crippen LogP contribution in [0.5, 0.6) is 5.75 Å². The largest absolute Gasteiger partial charge is 0.508 e. The number of unbranched alkanes of at least 4 members (excludes halogenated alkanes) is 1. The van der Waals surface area contributed by atoms with E-state index in [1.165, 1.54) is 12.1 Å². The number of amides is 2. The van der Waals surface area contributed by atoms with Crippen molar-refractivity contribution in [1.29, 1.82) is 0 Å². The second-order valence-electron chi connectivity index (χ2n) is 6.95. The number of carbonyl (C=O) groups is 3. The maximum atomic E-state index is 12.9.